The summed E-state index contributed by atoms with van der Waals surface area (Å²) in [5, 5.41) is 6.31. The fourth-order valence-electron chi connectivity index (χ4n) is 2.54. The maximum Gasteiger partial charge on any atom is 0.253 e. The molecule has 1 saturated carbocycles. The summed E-state index contributed by atoms with van der Waals surface area (Å²) < 4.78 is 0. The molecule has 0 atom stereocenters. The van der Waals surface area contributed by atoms with Crippen LogP contribution in [-0.4, -0.2) is 18.5 Å². The summed E-state index contributed by atoms with van der Waals surface area (Å²) in [5.41, 5.74) is 2.85. The topological polar surface area (TPSA) is 41.1 Å². The predicted molar refractivity (Wildman–Crippen MR) is 75.1 cm³/mol. The summed E-state index contributed by atoms with van der Waals surface area (Å²) in [4.78, 5) is 12.4. The van der Waals surface area contributed by atoms with E-state index in [0.29, 0.717) is 0 Å². The zero-order chi connectivity index (χ0) is 13.2. The first kappa shape index (κ1) is 12.9. The fraction of sp³-hybridized carbons (Fsp3) is 0.533. The molecule has 0 spiro atoms. The second kappa shape index (κ2) is 5.01. The van der Waals surface area contributed by atoms with Crippen LogP contribution in [0, 0.1) is 6.92 Å². The third-order valence-corrected chi connectivity index (χ3v) is 4.06. The van der Waals surface area contributed by atoms with E-state index in [1.807, 2.05) is 32.2 Å². The smallest absolute Gasteiger partial charge is 0.253 e. The summed E-state index contributed by atoms with van der Waals surface area (Å²) in [5.74, 6) is 0.0425. The van der Waals surface area contributed by atoms with E-state index in [1.165, 1.54) is 6.42 Å². The van der Waals surface area contributed by atoms with Crippen LogP contribution in [-0.2, 0) is 0 Å². The summed E-state index contributed by atoms with van der Waals surface area (Å²) in [6.45, 7) is 4.18. The van der Waals surface area contributed by atoms with E-state index in [9.17, 15) is 4.79 Å². The lowest BCUT2D eigenvalue weighted by Gasteiger charge is -2.42. The lowest BCUT2D eigenvalue weighted by atomic mass is 9.74. The maximum atomic E-state index is 12.4. The molecule has 1 amide bonds. The summed E-state index contributed by atoms with van der Waals surface area (Å²) in [6.07, 6.45) is 4.45. The normalized spacial score (nSPS) is 16.8. The van der Waals surface area contributed by atoms with Gasteiger partial charge in [-0.15, -0.1) is 0 Å². The van der Waals surface area contributed by atoms with Gasteiger partial charge in [0, 0.05) is 18.3 Å². The molecule has 0 unspecified atom stereocenters. The van der Waals surface area contributed by atoms with Gasteiger partial charge >= 0.3 is 0 Å². The quantitative estimate of drug-likeness (QED) is 0.857. The van der Waals surface area contributed by atoms with Crippen LogP contribution in [0.3, 0.4) is 0 Å². The molecule has 1 aromatic rings. The number of carbonyl (C=O) groups excluding carboxylic acids is 1. The Bertz CT molecular complexity index is 444. The van der Waals surface area contributed by atoms with Crippen molar-refractivity contribution in [2.75, 3.05) is 12.4 Å². The zero-order valence-corrected chi connectivity index (χ0v) is 11.5. The summed E-state index contributed by atoms with van der Waals surface area (Å²) in [6, 6.07) is 5.89. The highest BCUT2D eigenvalue weighted by Gasteiger charge is 2.36. The average Bonchev–Trinajstić information content (AvgIpc) is 2.33. The number of anilines is 1. The average molecular weight is 246 g/mol. The second-order valence-electron chi connectivity index (χ2n) is 5.24. The Balaban J connectivity index is 2.18. The van der Waals surface area contributed by atoms with Gasteiger partial charge in [-0.05, 0) is 50.3 Å². The van der Waals surface area contributed by atoms with E-state index in [1.54, 1.807) is 0 Å². The van der Waals surface area contributed by atoms with Crippen molar-refractivity contribution in [2.24, 2.45) is 0 Å². The maximum absolute atomic E-state index is 12.4. The molecule has 3 nitrogen and oxygen atoms in total. The molecule has 0 radical (unpaired) electrons. The molecule has 0 aliphatic heterocycles. The molecule has 98 valence electrons. The Morgan fingerprint density at radius 1 is 1.39 bits per heavy atom. The molecular formula is C15H22N2O. The minimum Gasteiger partial charge on any atom is -0.387 e. The standard InChI is InChI=1S/C15H22N2O/c1-4-15(8-5-9-15)17-14(18)12-7-6-11(2)10-13(12)16-3/h6-7,10,16H,4-5,8-9H2,1-3H3,(H,17,18). The van der Waals surface area contributed by atoms with Crippen LogP contribution in [0.4, 0.5) is 5.69 Å². The van der Waals surface area contributed by atoms with Gasteiger partial charge in [0.05, 0.1) is 5.56 Å². The number of rotatable bonds is 4. The predicted octanol–water partition coefficient (Wildman–Crippen LogP) is 3.10. The Morgan fingerprint density at radius 2 is 2.11 bits per heavy atom. The Hall–Kier alpha value is -1.51. The van der Waals surface area contributed by atoms with Crippen LogP contribution in [0.15, 0.2) is 18.2 Å². The highest BCUT2D eigenvalue weighted by molar-refractivity contribution is 6.00. The minimum atomic E-state index is 0.0425. The molecule has 18 heavy (non-hydrogen) atoms. The third-order valence-electron chi connectivity index (χ3n) is 4.06. The van der Waals surface area contributed by atoms with Crippen LogP contribution < -0.4 is 10.6 Å². The van der Waals surface area contributed by atoms with Gasteiger partial charge < -0.3 is 10.6 Å². The van der Waals surface area contributed by atoms with Crippen LogP contribution >= 0.6 is 0 Å². The molecule has 0 saturated heterocycles. The van der Waals surface area contributed by atoms with Gasteiger partial charge in [0.15, 0.2) is 0 Å². The van der Waals surface area contributed by atoms with Crippen molar-refractivity contribution in [1.82, 2.24) is 5.32 Å². The molecule has 1 aliphatic carbocycles. The summed E-state index contributed by atoms with van der Waals surface area (Å²) in [7, 11) is 1.85. The van der Waals surface area contributed by atoms with Crippen LogP contribution in [0.1, 0.15) is 48.5 Å². The molecule has 0 heterocycles. The molecule has 2 rings (SSSR count). The van der Waals surface area contributed by atoms with Crippen molar-refractivity contribution in [3.05, 3.63) is 29.3 Å². The van der Waals surface area contributed by atoms with E-state index in [2.05, 4.69) is 17.6 Å². The van der Waals surface area contributed by atoms with E-state index >= 15 is 0 Å². The molecule has 0 bridgehead atoms. The van der Waals surface area contributed by atoms with Crippen molar-refractivity contribution in [3.63, 3.8) is 0 Å². The van der Waals surface area contributed by atoms with Crippen molar-refractivity contribution < 1.29 is 4.79 Å². The fourth-order valence-corrected chi connectivity index (χ4v) is 2.54. The van der Waals surface area contributed by atoms with Crippen molar-refractivity contribution in [1.29, 1.82) is 0 Å². The van der Waals surface area contributed by atoms with Crippen LogP contribution in [0.5, 0.6) is 0 Å². The SMILES string of the molecule is CCC1(NC(=O)c2ccc(C)cc2NC)CCC1. The van der Waals surface area contributed by atoms with Gasteiger partial charge in [0.2, 0.25) is 0 Å². The van der Waals surface area contributed by atoms with Gasteiger partial charge in [-0.1, -0.05) is 13.0 Å². The monoisotopic (exact) mass is 246 g/mol. The van der Waals surface area contributed by atoms with Gasteiger partial charge in [0.1, 0.15) is 0 Å². The molecule has 2 N–H and O–H groups in total. The Labute approximate surface area is 109 Å². The summed E-state index contributed by atoms with van der Waals surface area (Å²) >= 11 is 0. The zero-order valence-electron chi connectivity index (χ0n) is 11.5. The number of hydrogen-bond acceptors (Lipinski definition) is 2. The molecule has 1 aromatic carbocycles. The van der Waals surface area contributed by atoms with E-state index in [0.717, 1.165) is 36.1 Å². The van der Waals surface area contributed by atoms with Crippen molar-refractivity contribution >= 4 is 11.6 Å². The molecular weight excluding hydrogens is 224 g/mol. The van der Waals surface area contributed by atoms with Crippen LogP contribution in [0.25, 0.3) is 0 Å². The Morgan fingerprint density at radius 3 is 2.61 bits per heavy atom. The molecule has 1 aliphatic rings. The van der Waals surface area contributed by atoms with E-state index in [4.69, 9.17) is 0 Å². The van der Waals surface area contributed by atoms with E-state index in [-0.39, 0.29) is 11.4 Å². The molecule has 0 aromatic heterocycles. The molecule has 1 fully saturated rings. The lowest BCUT2D eigenvalue weighted by Crippen LogP contribution is -2.53. The number of hydrogen-bond donors (Lipinski definition) is 2. The first-order chi connectivity index (χ1) is 8.60. The van der Waals surface area contributed by atoms with Gasteiger partial charge in [-0.25, -0.2) is 0 Å². The third kappa shape index (κ3) is 2.35. The number of benzene rings is 1. The van der Waals surface area contributed by atoms with E-state index < -0.39 is 0 Å². The van der Waals surface area contributed by atoms with Crippen LogP contribution in [0.2, 0.25) is 0 Å². The first-order valence-corrected chi connectivity index (χ1v) is 6.71. The first-order valence-electron chi connectivity index (χ1n) is 6.71. The van der Waals surface area contributed by atoms with Gasteiger partial charge in [-0.3, -0.25) is 4.79 Å². The second-order valence-corrected chi connectivity index (χ2v) is 5.24. The largest absolute Gasteiger partial charge is 0.387 e. The number of carbonyl (C=O) groups is 1. The number of nitrogens with one attached hydrogen (secondary N) is 2. The molecule has 3 heteroatoms. The van der Waals surface area contributed by atoms with Gasteiger partial charge in [0.25, 0.3) is 5.91 Å². The van der Waals surface area contributed by atoms with Gasteiger partial charge in [-0.2, -0.15) is 0 Å². The highest BCUT2D eigenvalue weighted by atomic mass is 16.1. The van der Waals surface area contributed by atoms with Crippen molar-refractivity contribution in [2.45, 2.75) is 45.1 Å². The van der Waals surface area contributed by atoms with Crippen molar-refractivity contribution in [3.8, 4) is 0 Å². The number of amides is 1. The number of aryl methyl sites for hydroxylation is 1. The highest BCUT2D eigenvalue weighted by Crippen LogP contribution is 2.35. The Kier molecular flexibility index (Phi) is 3.60. The lowest BCUT2D eigenvalue weighted by molar-refractivity contribution is 0.0821. The minimum absolute atomic E-state index is 0.0425.